The summed E-state index contributed by atoms with van der Waals surface area (Å²) in [4.78, 5) is 10.6. The maximum Gasteiger partial charge on any atom is 0.461 e. The van der Waals surface area contributed by atoms with E-state index in [-0.39, 0.29) is 34.1 Å². The highest BCUT2D eigenvalue weighted by atomic mass is 35.5. The van der Waals surface area contributed by atoms with Crippen molar-refractivity contribution in [3.63, 3.8) is 0 Å². The predicted octanol–water partition coefficient (Wildman–Crippen LogP) is 6.26. The van der Waals surface area contributed by atoms with Gasteiger partial charge in [0.25, 0.3) is 5.69 Å². The van der Waals surface area contributed by atoms with E-state index < -0.39 is 24.6 Å². The molecule has 0 amide bonds. The van der Waals surface area contributed by atoms with Crippen LogP contribution in [-0.4, -0.2) is 18.1 Å². The summed E-state index contributed by atoms with van der Waals surface area (Å²) in [6.45, 7) is 1.67. The Bertz CT molecular complexity index is 892. The summed E-state index contributed by atoms with van der Waals surface area (Å²) in [5.41, 5.74) is -1.15. The summed E-state index contributed by atoms with van der Waals surface area (Å²) in [6, 6.07) is 6.33. The van der Waals surface area contributed by atoms with Crippen molar-refractivity contribution in [1.82, 2.24) is 0 Å². The number of nitro groups is 1. The Morgan fingerprint density at radius 3 is 2.44 bits per heavy atom. The molecule has 0 aromatic heterocycles. The van der Waals surface area contributed by atoms with Crippen molar-refractivity contribution in [3.05, 3.63) is 57.1 Å². The Hall–Kier alpha value is -2.38. The van der Waals surface area contributed by atoms with Crippen LogP contribution in [0.4, 0.5) is 24.5 Å². The van der Waals surface area contributed by atoms with Crippen LogP contribution in [-0.2, 0) is 10.7 Å². The number of rotatable bonds is 6. The average molecular weight is 422 g/mol. The van der Waals surface area contributed by atoms with E-state index in [1.165, 1.54) is 23.9 Å². The maximum atomic E-state index is 12.7. The van der Waals surface area contributed by atoms with Crippen LogP contribution in [0.15, 0.2) is 36.4 Å². The third-order valence-electron chi connectivity index (χ3n) is 3.58. The van der Waals surface area contributed by atoms with E-state index in [1.807, 2.05) is 0 Å². The smallest absolute Gasteiger partial charge is 0.456 e. The first-order valence-corrected chi connectivity index (χ1v) is 9.33. The largest absolute Gasteiger partial charge is 0.461 e. The molecule has 27 heavy (non-hydrogen) atoms. The molecule has 2 aromatic rings. The van der Waals surface area contributed by atoms with Crippen molar-refractivity contribution < 1.29 is 27.4 Å². The maximum absolute atomic E-state index is 12.7. The van der Waals surface area contributed by atoms with Gasteiger partial charge in [-0.3, -0.25) is 10.1 Å². The Morgan fingerprint density at radius 2 is 1.93 bits per heavy atom. The molecule has 2 rings (SSSR count). The molecule has 1 atom stereocenters. The van der Waals surface area contributed by atoms with Crippen LogP contribution in [0, 0.1) is 10.1 Å². The Labute approximate surface area is 158 Å². The molecule has 6 nitrogen and oxygen atoms in total. The van der Waals surface area contributed by atoms with Crippen molar-refractivity contribution in [2.45, 2.75) is 13.1 Å². The van der Waals surface area contributed by atoms with Gasteiger partial charge >= 0.3 is 14.1 Å². The second kappa shape index (κ2) is 8.10. The summed E-state index contributed by atoms with van der Waals surface area (Å²) >= 11 is 5.85. The predicted molar refractivity (Wildman–Crippen MR) is 96.2 cm³/mol. The number of anilines is 1. The third kappa shape index (κ3) is 4.87. The lowest BCUT2D eigenvalue weighted by molar-refractivity contribution is -0.384. The molecule has 0 spiro atoms. The summed E-state index contributed by atoms with van der Waals surface area (Å²) in [7, 11) is -0.436. The normalized spacial score (nSPS) is 11.9. The van der Waals surface area contributed by atoms with E-state index in [2.05, 4.69) is 0 Å². The molecule has 0 saturated heterocycles. The number of hydrogen-bond acceptors (Lipinski definition) is 4. The third-order valence-corrected chi connectivity index (χ3v) is 5.31. The Morgan fingerprint density at radius 1 is 1.26 bits per heavy atom. The SMILES string of the molecule is CC[P+](=O)N(C)c1cc(Oc2ccc(C(F)(F)F)cc2Cl)ccc1[N+](=O)[O-]. The number of nitrogens with zero attached hydrogens (tertiary/aromatic N) is 2. The van der Waals surface area contributed by atoms with Crippen LogP contribution in [0.2, 0.25) is 5.02 Å². The minimum atomic E-state index is -4.54. The lowest BCUT2D eigenvalue weighted by atomic mass is 10.2. The van der Waals surface area contributed by atoms with Gasteiger partial charge in [-0.05, 0) is 35.8 Å². The molecule has 0 aliphatic carbocycles. The van der Waals surface area contributed by atoms with E-state index in [4.69, 9.17) is 16.3 Å². The monoisotopic (exact) mass is 421 g/mol. The molecule has 0 heterocycles. The molecule has 0 aliphatic heterocycles. The van der Waals surface area contributed by atoms with Crippen LogP contribution in [0.5, 0.6) is 11.5 Å². The molecule has 1 unspecified atom stereocenters. The quantitative estimate of drug-likeness (QED) is 0.313. The number of benzene rings is 2. The van der Waals surface area contributed by atoms with Gasteiger partial charge in [0.2, 0.25) is 0 Å². The Kier molecular flexibility index (Phi) is 6.28. The zero-order chi connectivity index (χ0) is 20.4. The first-order valence-electron chi connectivity index (χ1n) is 7.56. The summed E-state index contributed by atoms with van der Waals surface area (Å²) in [5.74, 6) is 0.0515. The van der Waals surface area contributed by atoms with Gasteiger partial charge in [-0.25, -0.2) is 0 Å². The number of nitro benzene ring substituents is 1. The topological polar surface area (TPSA) is 72.7 Å². The standard InChI is InChI=1S/C16H14ClF3N2O4P/c1-3-27(25)21(2)14-9-11(5-6-13(14)22(23)24)26-15-7-4-10(8-12(15)17)16(18,19)20/h4-9H,3H2,1-2H3/q+1. The lowest BCUT2D eigenvalue weighted by Crippen LogP contribution is -2.09. The van der Waals surface area contributed by atoms with Gasteiger partial charge < -0.3 is 4.74 Å². The fraction of sp³-hybridized carbons (Fsp3) is 0.250. The molecule has 0 radical (unpaired) electrons. The van der Waals surface area contributed by atoms with Crippen LogP contribution < -0.4 is 9.41 Å². The molecule has 11 heteroatoms. The van der Waals surface area contributed by atoms with E-state index >= 15 is 0 Å². The summed E-state index contributed by atoms with van der Waals surface area (Å²) in [5, 5.41) is 10.9. The second-order valence-corrected chi connectivity index (χ2v) is 7.69. The molecular weight excluding hydrogens is 408 g/mol. The number of halogens is 4. The Balaban J connectivity index is 2.40. The molecular formula is C16H14ClF3N2O4P+. The highest BCUT2D eigenvalue weighted by Gasteiger charge is 2.31. The van der Waals surface area contributed by atoms with Gasteiger partial charge in [0.15, 0.2) is 11.8 Å². The highest BCUT2D eigenvalue weighted by molar-refractivity contribution is 7.46. The second-order valence-electron chi connectivity index (χ2n) is 5.34. The number of ether oxygens (including phenoxy) is 1. The summed E-state index contributed by atoms with van der Waals surface area (Å²) < 4.78 is 56.9. The fourth-order valence-electron chi connectivity index (χ4n) is 2.20. The van der Waals surface area contributed by atoms with Crippen LogP contribution in [0.1, 0.15) is 12.5 Å². The van der Waals surface area contributed by atoms with Gasteiger partial charge in [0, 0.05) is 12.1 Å². The van der Waals surface area contributed by atoms with Crippen LogP contribution in [0.3, 0.4) is 0 Å². The zero-order valence-electron chi connectivity index (χ0n) is 14.2. The van der Waals surface area contributed by atoms with Crippen LogP contribution in [0.25, 0.3) is 0 Å². The van der Waals surface area contributed by atoms with Gasteiger partial charge in [-0.15, -0.1) is 0 Å². The van der Waals surface area contributed by atoms with Gasteiger partial charge in [0.1, 0.15) is 11.5 Å². The van der Waals surface area contributed by atoms with Gasteiger partial charge in [0.05, 0.1) is 22.6 Å². The van der Waals surface area contributed by atoms with E-state index in [1.54, 1.807) is 6.92 Å². The lowest BCUT2D eigenvalue weighted by Gasteiger charge is -2.13. The highest BCUT2D eigenvalue weighted by Crippen LogP contribution is 2.41. The first kappa shape index (κ1) is 20.9. The molecule has 0 bridgehead atoms. The first-order chi connectivity index (χ1) is 12.5. The zero-order valence-corrected chi connectivity index (χ0v) is 15.8. The van der Waals surface area contributed by atoms with Crippen molar-refractivity contribution in [2.75, 3.05) is 17.9 Å². The minimum Gasteiger partial charge on any atom is -0.456 e. The average Bonchev–Trinajstić information content (AvgIpc) is 2.60. The molecule has 2 aromatic carbocycles. The van der Waals surface area contributed by atoms with Gasteiger partial charge in [-0.2, -0.15) is 17.8 Å². The van der Waals surface area contributed by atoms with E-state index in [0.717, 1.165) is 24.3 Å². The van der Waals surface area contributed by atoms with Crippen molar-refractivity contribution >= 4 is 30.9 Å². The number of alkyl halides is 3. The molecule has 0 fully saturated rings. The van der Waals surface area contributed by atoms with Gasteiger partial charge in [-0.1, -0.05) is 11.6 Å². The van der Waals surface area contributed by atoms with E-state index in [9.17, 15) is 27.9 Å². The van der Waals surface area contributed by atoms with Crippen molar-refractivity contribution in [2.24, 2.45) is 0 Å². The van der Waals surface area contributed by atoms with Crippen molar-refractivity contribution in [1.29, 1.82) is 0 Å². The molecule has 0 saturated carbocycles. The molecule has 0 N–H and O–H groups in total. The molecule has 0 aliphatic rings. The van der Waals surface area contributed by atoms with E-state index in [0.29, 0.717) is 0 Å². The number of hydrogen-bond donors (Lipinski definition) is 0. The minimum absolute atomic E-state index is 0.0491. The summed E-state index contributed by atoms with van der Waals surface area (Å²) in [6.07, 6.45) is -4.27. The van der Waals surface area contributed by atoms with Crippen molar-refractivity contribution in [3.8, 4) is 11.5 Å². The fourth-order valence-corrected chi connectivity index (χ4v) is 3.24. The van der Waals surface area contributed by atoms with Crippen LogP contribution >= 0.6 is 19.6 Å². The molecule has 144 valence electrons.